The molecule has 124 valence electrons. The van der Waals surface area contributed by atoms with Gasteiger partial charge in [-0.2, -0.15) is 5.26 Å². The van der Waals surface area contributed by atoms with E-state index in [0.29, 0.717) is 16.8 Å². The van der Waals surface area contributed by atoms with Crippen molar-refractivity contribution in [2.45, 2.75) is 26.7 Å². The van der Waals surface area contributed by atoms with E-state index < -0.39 is 23.1 Å². The van der Waals surface area contributed by atoms with Crippen molar-refractivity contribution < 1.29 is 13.6 Å². The van der Waals surface area contributed by atoms with Gasteiger partial charge in [-0.15, -0.1) is 0 Å². The Balaban J connectivity index is 2.14. The van der Waals surface area contributed by atoms with Gasteiger partial charge in [0.05, 0.1) is 5.69 Å². The number of benzene rings is 1. The molecule has 0 unspecified atom stereocenters. The van der Waals surface area contributed by atoms with Gasteiger partial charge in [-0.3, -0.25) is 9.59 Å². The molecule has 0 bridgehead atoms. The van der Waals surface area contributed by atoms with Gasteiger partial charge < -0.3 is 10.3 Å². The molecule has 0 aliphatic heterocycles. The Labute approximate surface area is 136 Å². The minimum atomic E-state index is -0.729. The number of nitrogens with zero attached hydrogens (tertiary/aromatic N) is 1. The molecular weight excluding hydrogens is 316 g/mol. The van der Waals surface area contributed by atoms with Crippen molar-refractivity contribution in [2.24, 2.45) is 0 Å². The Bertz CT molecular complexity index is 898. The first-order valence-electron chi connectivity index (χ1n) is 7.20. The summed E-state index contributed by atoms with van der Waals surface area (Å²) in [6.45, 7) is 3.31. The number of carbonyl (C=O) groups is 1. The van der Waals surface area contributed by atoms with Gasteiger partial charge in [0.1, 0.15) is 23.3 Å². The van der Waals surface area contributed by atoms with E-state index in [9.17, 15) is 18.4 Å². The normalized spacial score (nSPS) is 10.3. The fourth-order valence-electron chi connectivity index (χ4n) is 2.46. The van der Waals surface area contributed by atoms with Gasteiger partial charge in [-0.05, 0) is 43.5 Å². The van der Waals surface area contributed by atoms with Gasteiger partial charge in [-0.25, -0.2) is 8.78 Å². The molecule has 1 aromatic heterocycles. The minimum Gasteiger partial charge on any atom is -0.325 e. The van der Waals surface area contributed by atoms with E-state index in [1.54, 1.807) is 13.8 Å². The maximum absolute atomic E-state index is 13.5. The van der Waals surface area contributed by atoms with Gasteiger partial charge in [-0.1, -0.05) is 0 Å². The van der Waals surface area contributed by atoms with Crippen LogP contribution in [-0.4, -0.2) is 10.9 Å². The number of halogens is 2. The Morgan fingerprint density at radius 2 is 2.04 bits per heavy atom. The van der Waals surface area contributed by atoms with Crippen LogP contribution >= 0.6 is 0 Å². The average Bonchev–Trinajstić information content (AvgIpc) is 2.50. The van der Waals surface area contributed by atoms with E-state index in [4.69, 9.17) is 5.26 Å². The van der Waals surface area contributed by atoms with Crippen LogP contribution in [0.5, 0.6) is 0 Å². The lowest BCUT2D eigenvalue weighted by Crippen LogP contribution is -2.18. The summed E-state index contributed by atoms with van der Waals surface area (Å²) in [5.41, 5.74) is 1.08. The summed E-state index contributed by atoms with van der Waals surface area (Å²) in [7, 11) is 0. The number of aromatic amines is 1. The van der Waals surface area contributed by atoms with Crippen LogP contribution in [0, 0.1) is 36.8 Å². The quantitative estimate of drug-likeness (QED) is 0.903. The number of hydrogen-bond donors (Lipinski definition) is 2. The van der Waals surface area contributed by atoms with Crippen molar-refractivity contribution in [3.8, 4) is 6.07 Å². The molecule has 0 aliphatic carbocycles. The van der Waals surface area contributed by atoms with Crippen LogP contribution in [0.25, 0.3) is 0 Å². The number of H-pyrrole nitrogens is 1. The summed E-state index contributed by atoms with van der Waals surface area (Å²) in [6, 6.07) is 4.63. The molecular formula is C17H15F2N3O2. The smallest absolute Gasteiger partial charge is 0.266 e. The SMILES string of the molecule is Cc1[nH]c(=O)c(C#N)c(C)c1CCC(=O)Nc1cc(F)ccc1F. The van der Waals surface area contributed by atoms with Crippen LogP contribution in [0.15, 0.2) is 23.0 Å². The Morgan fingerprint density at radius 3 is 2.71 bits per heavy atom. The number of pyridine rings is 1. The van der Waals surface area contributed by atoms with Crippen molar-refractivity contribution in [1.29, 1.82) is 5.26 Å². The summed E-state index contributed by atoms with van der Waals surface area (Å²) < 4.78 is 26.6. The van der Waals surface area contributed by atoms with Crippen molar-refractivity contribution in [1.82, 2.24) is 4.98 Å². The van der Waals surface area contributed by atoms with Gasteiger partial charge in [0, 0.05) is 18.2 Å². The van der Waals surface area contributed by atoms with E-state index in [0.717, 1.165) is 18.2 Å². The zero-order chi connectivity index (χ0) is 17.9. The number of nitrogens with one attached hydrogen (secondary N) is 2. The van der Waals surface area contributed by atoms with Crippen molar-refractivity contribution in [3.05, 3.63) is 62.6 Å². The molecule has 0 aliphatic rings. The molecule has 1 aromatic carbocycles. The molecule has 2 aromatic rings. The highest BCUT2D eigenvalue weighted by atomic mass is 19.1. The molecule has 0 fully saturated rings. The first-order valence-corrected chi connectivity index (χ1v) is 7.20. The first kappa shape index (κ1) is 17.3. The number of amides is 1. The third-order valence-corrected chi connectivity index (χ3v) is 3.72. The number of rotatable bonds is 4. The van der Waals surface area contributed by atoms with Crippen molar-refractivity contribution in [3.63, 3.8) is 0 Å². The number of anilines is 1. The lowest BCUT2D eigenvalue weighted by Gasteiger charge is -2.11. The summed E-state index contributed by atoms with van der Waals surface area (Å²) in [4.78, 5) is 26.2. The largest absolute Gasteiger partial charge is 0.325 e. The highest BCUT2D eigenvalue weighted by Gasteiger charge is 2.14. The van der Waals surface area contributed by atoms with E-state index in [-0.39, 0.29) is 24.1 Å². The van der Waals surface area contributed by atoms with E-state index >= 15 is 0 Å². The standard InChI is InChI=1S/C17H15F2N3O2/c1-9-12(10(2)21-17(24)13(9)8-20)4-6-16(23)22-15-7-11(18)3-5-14(15)19/h3,5,7H,4,6H2,1-2H3,(H,21,24)(H,22,23). The molecule has 0 saturated heterocycles. The van der Waals surface area contributed by atoms with Crippen LogP contribution in [0.3, 0.4) is 0 Å². The predicted octanol–water partition coefficient (Wildman–Crippen LogP) is 2.71. The fourth-order valence-corrected chi connectivity index (χ4v) is 2.46. The zero-order valence-electron chi connectivity index (χ0n) is 13.2. The maximum atomic E-state index is 13.5. The van der Waals surface area contributed by atoms with Crippen LogP contribution in [-0.2, 0) is 11.2 Å². The topological polar surface area (TPSA) is 85.8 Å². The number of hydrogen-bond acceptors (Lipinski definition) is 3. The number of aromatic nitrogens is 1. The summed E-state index contributed by atoms with van der Waals surface area (Å²) in [5, 5.41) is 11.3. The zero-order valence-corrected chi connectivity index (χ0v) is 13.2. The minimum absolute atomic E-state index is 0.00541. The van der Waals surface area contributed by atoms with Crippen LogP contribution in [0.1, 0.15) is 28.8 Å². The van der Waals surface area contributed by atoms with Gasteiger partial charge in [0.2, 0.25) is 5.91 Å². The lowest BCUT2D eigenvalue weighted by atomic mass is 9.99. The molecule has 2 N–H and O–H groups in total. The number of nitriles is 1. The second-order valence-corrected chi connectivity index (χ2v) is 5.34. The molecule has 1 heterocycles. The fraction of sp³-hybridized carbons (Fsp3) is 0.235. The predicted molar refractivity (Wildman–Crippen MR) is 84.6 cm³/mol. The van der Waals surface area contributed by atoms with Crippen LogP contribution in [0.2, 0.25) is 0 Å². The second kappa shape index (κ2) is 7.04. The summed E-state index contributed by atoms with van der Waals surface area (Å²) in [6.07, 6.45) is 0.250. The number of aryl methyl sites for hydroxylation is 1. The monoisotopic (exact) mass is 331 g/mol. The second-order valence-electron chi connectivity index (χ2n) is 5.34. The van der Waals surface area contributed by atoms with E-state index in [1.807, 2.05) is 6.07 Å². The van der Waals surface area contributed by atoms with Crippen molar-refractivity contribution in [2.75, 3.05) is 5.32 Å². The Morgan fingerprint density at radius 1 is 1.33 bits per heavy atom. The molecule has 0 radical (unpaired) electrons. The van der Waals surface area contributed by atoms with Gasteiger partial charge in [0.15, 0.2) is 0 Å². The lowest BCUT2D eigenvalue weighted by molar-refractivity contribution is -0.116. The molecule has 1 amide bonds. The Hall–Kier alpha value is -3.01. The van der Waals surface area contributed by atoms with E-state index in [2.05, 4.69) is 10.3 Å². The molecule has 7 heteroatoms. The van der Waals surface area contributed by atoms with Crippen LogP contribution < -0.4 is 10.9 Å². The number of carbonyl (C=O) groups excluding carboxylic acids is 1. The molecule has 0 saturated carbocycles. The van der Waals surface area contributed by atoms with Gasteiger partial charge in [0.25, 0.3) is 5.56 Å². The molecule has 24 heavy (non-hydrogen) atoms. The highest BCUT2D eigenvalue weighted by Crippen LogP contribution is 2.18. The average molecular weight is 331 g/mol. The summed E-state index contributed by atoms with van der Waals surface area (Å²) >= 11 is 0. The highest BCUT2D eigenvalue weighted by molar-refractivity contribution is 5.91. The van der Waals surface area contributed by atoms with E-state index in [1.165, 1.54) is 0 Å². The maximum Gasteiger partial charge on any atom is 0.266 e. The van der Waals surface area contributed by atoms with Crippen molar-refractivity contribution >= 4 is 11.6 Å². The molecule has 2 rings (SSSR count). The summed E-state index contributed by atoms with van der Waals surface area (Å²) in [5.74, 6) is -1.88. The third kappa shape index (κ3) is 3.66. The first-order chi connectivity index (χ1) is 11.3. The third-order valence-electron chi connectivity index (χ3n) is 3.72. The van der Waals surface area contributed by atoms with Crippen LogP contribution in [0.4, 0.5) is 14.5 Å². The van der Waals surface area contributed by atoms with Gasteiger partial charge >= 0.3 is 0 Å². The molecule has 0 spiro atoms. The molecule has 0 atom stereocenters. The molecule has 5 nitrogen and oxygen atoms in total. The Kier molecular flexibility index (Phi) is 5.09.